The highest BCUT2D eigenvalue weighted by Crippen LogP contribution is 2.32. The highest BCUT2D eigenvalue weighted by molar-refractivity contribution is 5.92. The average molecular weight is 433 g/mol. The van der Waals surface area contributed by atoms with E-state index in [1.807, 2.05) is 10.7 Å². The number of nitrogens with one attached hydrogen (secondary N) is 2. The van der Waals surface area contributed by atoms with Crippen LogP contribution >= 0.6 is 0 Å². The summed E-state index contributed by atoms with van der Waals surface area (Å²) >= 11 is 0. The Hall–Kier alpha value is -3.41. The van der Waals surface area contributed by atoms with Crippen LogP contribution in [0.4, 0.5) is 0 Å². The number of imidazole rings is 1. The van der Waals surface area contributed by atoms with E-state index in [4.69, 9.17) is 4.98 Å². The maximum absolute atomic E-state index is 4.74. The molecule has 0 aliphatic carbocycles. The lowest BCUT2D eigenvalue weighted by Crippen LogP contribution is -1.93. The zero-order valence-electron chi connectivity index (χ0n) is 19.9. The number of nitrogens with zero attached hydrogens (tertiary/aromatic N) is 4. The average Bonchev–Trinajstić information content (AvgIpc) is 3.51. The second-order valence-electron chi connectivity index (χ2n) is 8.34. The molecule has 0 spiro atoms. The van der Waals surface area contributed by atoms with Crippen LogP contribution in [0.3, 0.4) is 0 Å². The second-order valence-corrected chi connectivity index (χ2v) is 8.34. The molecule has 0 saturated heterocycles. The van der Waals surface area contributed by atoms with Crippen molar-refractivity contribution in [2.75, 3.05) is 0 Å². The van der Waals surface area contributed by atoms with E-state index in [1.165, 1.54) is 23.8 Å². The van der Waals surface area contributed by atoms with Crippen LogP contribution in [-0.4, -0.2) is 29.5 Å². The molecule has 0 aliphatic rings. The molecule has 170 valence electrons. The first-order valence-electron chi connectivity index (χ1n) is 11.4. The molecule has 2 N–H and O–H groups in total. The molecule has 0 amide bonds. The largest absolute Gasteiger partial charge is 0.354 e. The Bertz CT molecular complexity index is 1380. The minimum Gasteiger partial charge on any atom is -0.354 e. The molecule has 6 heteroatoms. The van der Waals surface area contributed by atoms with Crippen molar-refractivity contribution in [3.05, 3.63) is 59.3 Å². The van der Waals surface area contributed by atoms with E-state index in [2.05, 4.69) is 85.9 Å². The number of hydrogen-bond donors (Lipinski definition) is 2. The number of pyridine rings is 1. The summed E-state index contributed by atoms with van der Waals surface area (Å²) in [4.78, 5) is 16.1. The number of hydrogen-bond acceptors (Lipinski definition) is 3. The number of aromatic nitrogens is 6. The number of aryl methyl sites for hydroxylation is 4. The highest BCUT2D eigenvalue weighted by atomic mass is 15.3. The first-order valence-corrected chi connectivity index (χ1v) is 11.4. The molecule has 32 heavy (non-hydrogen) atoms. The van der Waals surface area contributed by atoms with Gasteiger partial charge in [0.1, 0.15) is 12.2 Å². The third kappa shape index (κ3) is 3.93. The molecule has 0 bridgehead atoms. The van der Waals surface area contributed by atoms with Crippen LogP contribution in [0.5, 0.6) is 0 Å². The quantitative estimate of drug-likeness (QED) is 0.319. The Morgan fingerprint density at radius 2 is 1.75 bits per heavy atom. The van der Waals surface area contributed by atoms with Gasteiger partial charge in [0.25, 0.3) is 0 Å². The van der Waals surface area contributed by atoms with Gasteiger partial charge in [0.15, 0.2) is 5.65 Å². The number of aromatic amines is 2. The topological polar surface area (TPSA) is 74.7 Å². The number of unbranched alkanes of at least 4 members (excludes halogenated alkanes) is 1. The minimum atomic E-state index is 0. The molecular weight excluding hydrogens is 396 g/mol. The van der Waals surface area contributed by atoms with Crippen LogP contribution in [0.25, 0.3) is 39.2 Å². The zero-order chi connectivity index (χ0) is 22.8. The molecule has 6 nitrogen and oxygen atoms in total. The van der Waals surface area contributed by atoms with Crippen molar-refractivity contribution in [1.82, 2.24) is 29.5 Å². The van der Waals surface area contributed by atoms with Gasteiger partial charge in [-0.1, -0.05) is 45.7 Å². The SMILES string of the molecule is CCCC.CCc1nc(-c2ccc3c(C)c(-c4cc(C)c5ncnn5c4)[nH]c3c2)[nH]c1C.[HH].[HH]. The van der Waals surface area contributed by atoms with Crippen LogP contribution in [-0.2, 0) is 6.42 Å². The first-order chi connectivity index (χ1) is 15.5. The first kappa shape index (κ1) is 21.8. The monoisotopic (exact) mass is 432 g/mol. The maximum atomic E-state index is 4.74. The Balaban J connectivity index is 0.000000634. The van der Waals surface area contributed by atoms with E-state index >= 15 is 0 Å². The lowest BCUT2D eigenvalue weighted by molar-refractivity contribution is 0.886. The molecule has 0 saturated carbocycles. The van der Waals surface area contributed by atoms with Crippen molar-refractivity contribution < 1.29 is 2.85 Å². The minimum absolute atomic E-state index is 0. The molecule has 0 unspecified atom stereocenters. The van der Waals surface area contributed by atoms with Gasteiger partial charge in [-0.3, -0.25) is 0 Å². The smallest absolute Gasteiger partial charge is 0.158 e. The fourth-order valence-corrected chi connectivity index (χ4v) is 3.98. The summed E-state index contributed by atoms with van der Waals surface area (Å²) in [6.45, 7) is 12.8. The summed E-state index contributed by atoms with van der Waals surface area (Å²) in [6.07, 6.45) is 7.18. The number of benzene rings is 1. The fraction of sp³-hybridized carbons (Fsp3) is 0.346. The van der Waals surface area contributed by atoms with E-state index in [-0.39, 0.29) is 2.85 Å². The van der Waals surface area contributed by atoms with Crippen molar-refractivity contribution in [2.24, 2.45) is 0 Å². The molecular formula is C26H36N6. The predicted octanol–water partition coefficient (Wildman–Crippen LogP) is 7.05. The van der Waals surface area contributed by atoms with Crippen LogP contribution in [0.2, 0.25) is 0 Å². The van der Waals surface area contributed by atoms with E-state index in [0.29, 0.717) is 0 Å². The van der Waals surface area contributed by atoms with Gasteiger partial charge in [-0.05, 0) is 50.5 Å². The van der Waals surface area contributed by atoms with Crippen LogP contribution in [0, 0.1) is 20.8 Å². The lowest BCUT2D eigenvalue weighted by Gasteiger charge is -2.04. The highest BCUT2D eigenvalue weighted by Gasteiger charge is 2.14. The molecule has 0 aliphatic heterocycles. The van der Waals surface area contributed by atoms with Gasteiger partial charge in [-0.15, -0.1) is 0 Å². The molecule has 5 rings (SSSR count). The summed E-state index contributed by atoms with van der Waals surface area (Å²) in [5, 5.41) is 5.52. The van der Waals surface area contributed by atoms with Crippen molar-refractivity contribution in [2.45, 2.75) is 60.8 Å². The van der Waals surface area contributed by atoms with Gasteiger partial charge in [0.2, 0.25) is 0 Å². The van der Waals surface area contributed by atoms with Crippen molar-refractivity contribution in [3.63, 3.8) is 0 Å². The molecule has 4 heterocycles. The Morgan fingerprint density at radius 3 is 2.44 bits per heavy atom. The second kappa shape index (κ2) is 8.99. The maximum Gasteiger partial charge on any atom is 0.158 e. The van der Waals surface area contributed by atoms with Gasteiger partial charge in [0, 0.05) is 36.8 Å². The van der Waals surface area contributed by atoms with Crippen molar-refractivity contribution in [3.8, 4) is 22.6 Å². The number of rotatable bonds is 4. The van der Waals surface area contributed by atoms with Crippen LogP contribution < -0.4 is 0 Å². The van der Waals surface area contributed by atoms with Gasteiger partial charge >= 0.3 is 0 Å². The van der Waals surface area contributed by atoms with E-state index in [1.54, 1.807) is 6.33 Å². The lowest BCUT2D eigenvalue weighted by atomic mass is 10.1. The molecule has 0 radical (unpaired) electrons. The van der Waals surface area contributed by atoms with Gasteiger partial charge in [0.05, 0.1) is 11.4 Å². The summed E-state index contributed by atoms with van der Waals surface area (Å²) in [6, 6.07) is 8.64. The Kier molecular flexibility index (Phi) is 6.12. The van der Waals surface area contributed by atoms with E-state index in [9.17, 15) is 0 Å². The van der Waals surface area contributed by atoms with Crippen molar-refractivity contribution in [1.29, 1.82) is 0 Å². The Morgan fingerprint density at radius 1 is 0.969 bits per heavy atom. The summed E-state index contributed by atoms with van der Waals surface area (Å²) in [7, 11) is 0. The summed E-state index contributed by atoms with van der Waals surface area (Å²) in [5.41, 5.74) is 9.88. The molecule has 4 aromatic heterocycles. The molecule has 0 atom stereocenters. The van der Waals surface area contributed by atoms with Crippen LogP contribution in [0.1, 0.15) is 59.0 Å². The fourth-order valence-electron chi connectivity index (χ4n) is 3.98. The molecule has 5 aromatic rings. The third-order valence-corrected chi connectivity index (χ3v) is 6.00. The molecule has 0 fully saturated rings. The standard InChI is InChI=1S/C22H22N6.C4H10.2H2/c1-5-18-14(4)25-21(27-18)15-6-7-17-13(3)20(26-19(17)9-15)16-8-12(2)22-23-11-24-28(22)10-16;1-3-4-2;;/h6-11,26H,5H2,1-4H3,(H,25,27);3-4H2,1-2H3;2*1H. The number of fused-ring (bicyclic) bond motifs is 2. The predicted molar refractivity (Wildman–Crippen MR) is 136 cm³/mol. The Labute approximate surface area is 192 Å². The van der Waals surface area contributed by atoms with E-state index < -0.39 is 0 Å². The van der Waals surface area contributed by atoms with Crippen molar-refractivity contribution >= 4 is 16.6 Å². The third-order valence-electron chi connectivity index (χ3n) is 6.00. The summed E-state index contributed by atoms with van der Waals surface area (Å²) < 4.78 is 1.83. The number of H-pyrrole nitrogens is 2. The zero-order valence-corrected chi connectivity index (χ0v) is 19.9. The normalized spacial score (nSPS) is 11.2. The van der Waals surface area contributed by atoms with E-state index in [0.717, 1.165) is 57.2 Å². The molecule has 1 aromatic carbocycles. The van der Waals surface area contributed by atoms with Crippen LogP contribution in [0.15, 0.2) is 36.8 Å². The van der Waals surface area contributed by atoms with Gasteiger partial charge in [-0.2, -0.15) is 5.10 Å². The van der Waals surface area contributed by atoms with Gasteiger partial charge < -0.3 is 9.97 Å². The van der Waals surface area contributed by atoms with Gasteiger partial charge in [-0.25, -0.2) is 14.5 Å². The summed E-state index contributed by atoms with van der Waals surface area (Å²) in [5.74, 6) is 0.921.